The molecule has 0 spiro atoms. The average Bonchev–Trinajstić information content (AvgIpc) is 2.41. The fraction of sp³-hybridized carbons (Fsp3) is 0.500. The predicted octanol–water partition coefficient (Wildman–Crippen LogP) is 0.935. The van der Waals surface area contributed by atoms with Gasteiger partial charge in [0.2, 0.25) is 0 Å². The standard InChI is InChI=1S/C10H13NO2/c1-10(2)3-6-5-11-8(9(12)13)7(6)4-10/h3-4,8,11H,5H2,1-2H3,(H,12,13). The van der Waals surface area contributed by atoms with Crippen LogP contribution in [0.15, 0.2) is 23.3 Å². The van der Waals surface area contributed by atoms with Crippen LogP contribution < -0.4 is 5.32 Å². The van der Waals surface area contributed by atoms with Gasteiger partial charge in [-0.05, 0) is 11.1 Å². The fourth-order valence-corrected chi connectivity index (χ4v) is 2.03. The van der Waals surface area contributed by atoms with Crippen LogP contribution in [0.1, 0.15) is 13.8 Å². The van der Waals surface area contributed by atoms with Crippen molar-refractivity contribution in [1.82, 2.24) is 5.32 Å². The van der Waals surface area contributed by atoms with Crippen molar-refractivity contribution in [3.05, 3.63) is 23.3 Å². The minimum Gasteiger partial charge on any atom is -0.480 e. The molecule has 1 aliphatic carbocycles. The van der Waals surface area contributed by atoms with Gasteiger partial charge in [-0.15, -0.1) is 0 Å². The lowest BCUT2D eigenvalue weighted by molar-refractivity contribution is -0.138. The van der Waals surface area contributed by atoms with Gasteiger partial charge in [-0.25, -0.2) is 0 Å². The van der Waals surface area contributed by atoms with Gasteiger partial charge in [0.1, 0.15) is 6.04 Å². The molecule has 70 valence electrons. The largest absolute Gasteiger partial charge is 0.480 e. The first-order valence-corrected chi connectivity index (χ1v) is 4.41. The number of fused-ring (bicyclic) bond motifs is 1. The second-order valence-electron chi connectivity index (χ2n) is 4.24. The highest BCUT2D eigenvalue weighted by Gasteiger charge is 2.36. The van der Waals surface area contributed by atoms with Crippen LogP contribution in [-0.2, 0) is 4.79 Å². The normalized spacial score (nSPS) is 29.5. The number of rotatable bonds is 1. The summed E-state index contributed by atoms with van der Waals surface area (Å²) in [6.07, 6.45) is 4.18. The summed E-state index contributed by atoms with van der Waals surface area (Å²) in [7, 11) is 0. The van der Waals surface area contributed by atoms with Crippen molar-refractivity contribution in [3.8, 4) is 0 Å². The van der Waals surface area contributed by atoms with Crippen molar-refractivity contribution >= 4 is 5.97 Å². The Morgan fingerprint density at radius 2 is 2.31 bits per heavy atom. The molecule has 0 saturated carbocycles. The van der Waals surface area contributed by atoms with Crippen LogP contribution in [0.4, 0.5) is 0 Å². The average molecular weight is 179 g/mol. The number of aliphatic carboxylic acids is 1. The highest BCUT2D eigenvalue weighted by Crippen LogP contribution is 2.37. The first kappa shape index (κ1) is 8.51. The van der Waals surface area contributed by atoms with Crippen LogP contribution in [0.2, 0.25) is 0 Å². The van der Waals surface area contributed by atoms with Gasteiger partial charge in [0.25, 0.3) is 0 Å². The second-order valence-corrected chi connectivity index (χ2v) is 4.24. The summed E-state index contributed by atoms with van der Waals surface area (Å²) in [6, 6.07) is -0.493. The van der Waals surface area contributed by atoms with Crippen LogP contribution in [-0.4, -0.2) is 23.7 Å². The Morgan fingerprint density at radius 3 is 2.92 bits per heavy atom. The highest BCUT2D eigenvalue weighted by molar-refractivity contribution is 5.81. The number of carbonyl (C=O) groups is 1. The molecule has 1 atom stereocenters. The maximum absolute atomic E-state index is 10.8. The molecule has 0 bridgehead atoms. The maximum atomic E-state index is 10.8. The Bertz CT molecular complexity index is 326. The molecule has 1 saturated heterocycles. The Kier molecular flexibility index (Phi) is 1.60. The lowest BCUT2D eigenvalue weighted by atomic mass is 9.95. The Labute approximate surface area is 77.1 Å². The topological polar surface area (TPSA) is 49.3 Å². The van der Waals surface area contributed by atoms with Crippen molar-refractivity contribution in [2.75, 3.05) is 6.54 Å². The van der Waals surface area contributed by atoms with Gasteiger partial charge >= 0.3 is 5.97 Å². The number of hydrogen-bond acceptors (Lipinski definition) is 2. The van der Waals surface area contributed by atoms with Gasteiger partial charge in [-0.1, -0.05) is 26.0 Å². The Morgan fingerprint density at radius 1 is 1.62 bits per heavy atom. The van der Waals surface area contributed by atoms with E-state index in [1.54, 1.807) is 0 Å². The summed E-state index contributed by atoms with van der Waals surface area (Å²) < 4.78 is 0. The van der Waals surface area contributed by atoms with E-state index in [1.165, 1.54) is 0 Å². The lowest BCUT2D eigenvalue weighted by Crippen LogP contribution is -2.31. The Hall–Kier alpha value is -1.09. The number of carboxylic acid groups (broad SMARTS) is 1. The van der Waals surface area contributed by atoms with E-state index in [4.69, 9.17) is 5.11 Å². The molecular formula is C10H13NO2. The molecule has 3 heteroatoms. The molecule has 1 aliphatic heterocycles. The first-order chi connectivity index (χ1) is 5.99. The van der Waals surface area contributed by atoms with Crippen LogP contribution >= 0.6 is 0 Å². The molecule has 0 aromatic heterocycles. The summed E-state index contributed by atoms with van der Waals surface area (Å²) in [4.78, 5) is 10.8. The van der Waals surface area contributed by atoms with Crippen LogP contribution in [0, 0.1) is 5.41 Å². The lowest BCUT2D eigenvalue weighted by Gasteiger charge is -2.12. The van der Waals surface area contributed by atoms with E-state index in [2.05, 4.69) is 25.2 Å². The van der Waals surface area contributed by atoms with Crippen molar-refractivity contribution in [3.63, 3.8) is 0 Å². The summed E-state index contributed by atoms with van der Waals surface area (Å²) in [5, 5.41) is 11.9. The zero-order valence-corrected chi connectivity index (χ0v) is 7.79. The van der Waals surface area contributed by atoms with Crippen molar-refractivity contribution in [1.29, 1.82) is 0 Å². The van der Waals surface area contributed by atoms with Crippen molar-refractivity contribution in [2.45, 2.75) is 19.9 Å². The van der Waals surface area contributed by atoms with Crippen molar-refractivity contribution < 1.29 is 9.90 Å². The van der Waals surface area contributed by atoms with Gasteiger partial charge in [0, 0.05) is 12.0 Å². The Balaban J connectivity index is 2.35. The minimum absolute atomic E-state index is 0.0282. The van der Waals surface area contributed by atoms with Crippen LogP contribution in [0.25, 0.3) is 0 Å². The SMILES string of the molecule is CC1(C)C=C2CNC(C(=O)O)C2=C1. The molecule has 0 aromatic rings. The molecule has 13 heavy (non-hydrogen) atoms. The summed E-state index contributed by atoms with van der Waals surface area (Å²) in [5.74, 6) is -0.785. The van der Waals surface area contributed by atoms with Gasteiger partial charge in [0.15, 0.2) is 0 Å². The van der Waals surface area contributed by atoms with Gasteiger partial charge in [-0.2, -0.15) is 0 Å². The number of hydrogen-bond donors (Lipinski definition) is 2. The summed E-state index contributed by atoms with van der Waals surface area (Å²) in [5.41, 5.74) is 2.13. The molecule has 0 aromatic carbocycles. The van der Waals surface area contributed by atoms with E-state index in [9.17, 15) is 4.79 Å². The van der Waals surface area contributed by atoms with E-state index < -0.39 is 12.0 Å². The van der Waals surface area contributed by atoms with Gasteiger partial charge in [-0.3, -0.25) is 10.1 Å². The molecule has 2 aliphatic rings. The molecule has 2 rings (SSSR count). The number of allylic oxidation sites excluding steroid dienone is 2. The summed E-state index contributed by atoms with van der Waals surface area (Å²) >= 11 is 0. The summed E-state index contributed by atoms with van der Waals surface area (Å²) in [6.45, 7) is 4.86. The third-order valence-corrected chi connectivity index (χ3v) is 2.50. The maximum Gasteiger partial charge on any atom is 0.325 e. The van der Waals surface area contributed by atoms with E-state index in [-0.39, 0.29) is 5.41 Å². The van der Waals surface area contributed by atoms with Crippen LogP contribution in [0.3, 0.4) is 0 Å². The third kappa shape index (κ3) is 1.29. The monoisotopic (exact) mass is 179 g/mol. The van der Waals surface area contributed by atoms with E-state index in [0.29, 0.717) is 6.54 Å². The molecule has 2 N–H and O–H groups in total. The molecule has 0 amide bonds. The van der Waals surface area contributed by atoms with Gasteiger partial charge < -0.3 is 5.11 Å². The van der Waals surface area contributed by atoms with E-state index in [0.717, 1.165) is 11.1 Å². The number of nitrogens with one attached hydrogen (secondary N) is 1. The zero-order chi connectivity index (χ0) is 9.64. The highest BCUT2D eigenvalue weighted by atomic mass is 16.4. The predicted molar refractivity (Wildman–Crippen MR) is 49.4 cm³/mol. The van der Waals surface area contributed by atoms with E-state index >= 15 is 0 Å². The van der Waals surface area contributed by atoms with Gasteiger partial charge in [0.05, 0.1) is 0 Å². The van der Waals surface area contributed by atoms with E-state index in [1.807, 2.05) is 6.08 Å². The molecule has 0 radical (unpaired) electrons. The van der Waals surface area contributed by atoms with Crippen LogP contribution in [0.5, 0.6) is 0 Å². The first-order valence-electron chi connectivity index (χ1n) is 4.41. The molecule has 3 nitrogen and oxygen atoms in total. The smallest absolute Gasteiger partial charge is 0.325 e. The van der Waals surface area contributed by atoms with Crippen molar-refractivity contribution in [2.24, 2.45) is 5.41 Å². The molecule has 1 unspecified atom stereocenters. The molecule has 1 heterocycles. The minimum atomic E-state index is -0.785. The molecular weight excluding hydrogens is 166 g/mol. The molecule has 1 fully saturated rings. The quantitative estimate of drug-likeness (QED) is 0.629. The number of carboxylic acids is 1. The fourth-order valence-electron chi connectivity index (χ4n) is 2.03. The zero-order valence-electron chi connectivity index (χ0n) is 7.79. The second kappa shape index (κ2) is 2.45. The third-order valence-electron chi connectivity index (χ3n) is 2.50.